The van der Waals surface area contributed by atoms with Gasteiger partial charge in [-0.3, -0.25) is 9.69 Å². The molecular formula is C25H34N2O3S. The molecule has 0 saturated carbocycles. The second kappa shape index (κ2) is 13.8. The molecule has 2 aromatic carbocycles. The van der Waals surface area contributed by atoms with E-state index in [9.17, 15) is 9.59 Å². The van der Waals surface area contributed by atoms with Crippen molar-refractivity contribution in [3.63, 3.8) is 0 Å². The van der Waals surface area contributed by atoms with Crippen molar-refractivity contribution in [2.24, 2.45) is 0 Å². The molecule has 0 radical (unpaired) electrons. The van der Waals surface area contributed by atoms with E-state index in [-0.39, 0.29) is 12.0 Å². The van der Waals surface area contributed by atoms with Crippen LogP contribution in [0.5, 0.6) is 5.75 Å². The van der Waals surface area contributed by atoms with Crippen LogP contribution < -0.4 is 15.0 Å². The molecule has 0 aliphatic rings. The maximum atomic E-state index is 12.7. The van der Waals surface area contributed by atoms with Gasteiger partial charge in [-0.25, -0.2) is 4.79 Å². The molecule has 0 saturated heterocycles. The Hall–Kier alpha value is -2.47. The lowest BCUT2D eigenvalue weighted by Gasteiger charge is -2.23. The molecular weight excluding hydrogens is 408 g/mol. The van der Waals surface area contributed by atoms with Gasteiger partial charge in [-0.2, -0.15) is 0 Å². The first-order valence-corrected chi connectivity index (χ1v) is 12.0. The van der Waals surface area contributed by atoms with Crippen LogP contribution in [0.2, 0.25) is 0 Å². The number of nitrogens with one attached hydrogen (secondary N) is 1. The van der Waals surface area contributed by atoms with E-state index in [2.05, 4.69) is 25.2 Å². The van der Waals surface area contributed by atoms with Crippen molar-refractivity contribution in [2.45, 2.75) is 69.1 Å². The zero-order chi connectivity index (χ0) is 22.5. The van der Waals surface area contributed by atoms with E-state index in [0.717, 1.165) is 47.6 Å². The first-order valence-electron chi connectivity index (χ1n) is 11.2. The van der Waals surface area contributed by atoms with E-state index < -0.39 is 0 Å². The highest BCUT2D eigenvalue weighted by molar-refractivity contribution is 7.99. The zero-order valence-corrected chi connectivity index (χ0v) is 19.7. The summed E-state index contributed by atoms with van der Waals surface area (Å²) in [5.41, 5.74) is 0.901. The van der Waals surface area contributed by atoms with Crippen molar-refractivity contribution in [2.75, 3.05) is 18.0 Å². The van der Waals surface area contributed by atoms with Crippen LogP contribution in [0.25, 0.3) is 0 Å². The number of amides is 2. The van der Waals surface area contributed by atoms with Crippen LogP contribution in [0.4, 0.5) is 10.5 Å². The van der Waals surface area contributed by atoms with Crippen molar-refractivity contribution >= 4 is 29.4 Å². The first-order chi connectivity index (χ1) is 15.1. The van der Waals surface area contributed by atoms with Crippen LogP contribution in [-0.4, -0.2) is 25.1 Å². The topological polar surface area (TPSA) is 58.6 Å². The SMILES string of the molecule is CCCCNC(=O)N(CCCC)c1cccc(Sc2ccc(OC(=O)CCC)cc2)c1. The highest BCUT2D eigenvalue weighted by Gasteiger charge is 2.15. The molecule has 0 heterocycles. The van der Waals surface area contributed by atoms with Crippen LogP contribution >= 0.6 is 11.8 Å². The van der Waals surface area contributed by atoms with Crippen LogP contribution in [0.3, 0.4) is 0 Å². The lowest BCUT2D eigenvalue weighted by molar-refractivity contribution is -0.134. The van der Waals surface area contributed by atoms with Gasteiger partial charge >= 0.3 is 12.0 Å². The van der Waals surface area contributed by atoms with Gasteiger partial charge < -0.3 is 10.1 Å². The Morgan fingerprint density at radius 3 is 2.35 bits per heavy atom. The second-order valence-electron chi connectivity index (χ2n) is 7.39. The van der Waals surface area contributed by atoms with Gasteiger partial charge in [0.2, 0.25) is 0 Å². The fraction of sp³-hybridized carbons (Fsp3) is 0.440. The predicted molar refractivity (Wildman–Crippen MR) is 128 cm³/mol. The van der Waals surface area contributed by atoms with Crippen molar-refractivity contribution in [3.8, 4) is 5.75 Å². The van der Waals surface area contributed by atoms with Gasteiger partial charge in [-0.1, -0.05) is 51.4 Å². The second-order valence-corrected chi connectivity index (χ2v) is 8.53. The van der Waals surface area contributed by atoms with Gasteiger partial charge in [0, 0.05) is 35.0 Å². The Labute approximate surface area is 190 Å². The summed E-state index contributed by atoms with van der Waals surface area (Å²) in [6.07, 6.45) is 5.21. The van der Waals surface area contributed by atoms with Gasteiger partial charge in [0.1, 0.15) is 5.75 Å². The van der Waals surface area contributed by atoms with Gasteiger partial charge in [0.05, 0.1) is 0 Å². The molecule has 2 rings (SSSR count). The minimum Gasteiger partial charge on any atom is -0.427 e. The number of unbranched alkanes of at least 4 members (excludes halogenated alkanes) is 2. The molecule has 5 nitrogen and oxygen atoms in total. The number of ether oxygens (including phenoxy) is 1. The molecule has 2 amide bonds. The van der Waals surface area contributed by atoms with Crippen molar-refractivity contribution in [3.05, 3.63) is 48.5 Å². The van der Waals surface area contributed by atoms with E-state index in [4.69, 9.17) is 4.74 Å². The number of urea groups is 1. The summed E-state index contributed by atoms with van der Waals surface area (Å²) in [5, 5.41) is 3.03. The molecule has 2 aromatic rings. The molecule has 0 atom stereocenters. The highest BCUT2D eigenvalue weighted by Crippen LogP contribution is 2.31. The summed E-state index contributed by atoms with van der Waals surface area (Å²) in [7, 11) is 0. The van der Waals surface area contributed by atoms with Crippen molar-refractivity contribution in [1.82, 2.24) is 5.32 Å². The maximum Gasteiger partial charge on any atom is 0.321 e. The van der Waals surface area contributed by atoms with E-state index in [1.54, 1.807) is 11.8 Å². The Bertz CT molecular complexity index is 824. The Kier molecular flexibility index (Phi) is 11.0. The smallest absolute Gasteiger partial charge is 0.321 e. The van der Waals surface area contributed by atoms with Crippen LogP contribution in [-0.2, 0) is 4.79 Å². The third kappa shape index (κ3) is 8.66. The Balaban J connectivity index is 2.07. The van der Waals surface area contributed by atoms with Crippen LogP contribution in [0.15, 0.2) is 58.3 Å². The Morgan fingerprint density at radius 2 is 1.68 bits per heavy atom. The largest absolute Gasteiger partial charge is 0.427 e. The van der Waals surface area contributed by atoms with E-state index in [1.807, 2.05) is 54.3 Å². The van der Waals surface area contributed by atoms with Gasteiger partial charge in [-0.05, 0) is 61.7 Å². The lowest BCUT2D eigenvalue weighted by Crippen LogP contribution is -2.41. The van der Waals surface area contributed by atoms with Crippen LogP contribution in [0, 0.1) is 0 Å². The number of nitrogens with zero attached hydrogens (tertiary/aromatic N) is 1. The predicted octanol–water partition coefficient (Wildman–Crippen LogP) is 6.66. The lowest BCUT2D eigenvalue weighted by atomic mass is 10.2. The van der Waals surface area contributed by atoms with E-state index in [0.29, 0.717) is 25.3 Å². The van der Waals surface area contributed by atoms with Gasteiger partial charge in [0.25, 0.3) is 0 Å². The van der Waals surface area contributed by atoms with Crippen molar-refractivity contribution < 1.29 is 14.3 Å². The van der Waals surface area contributed by atoms with Crippen LogP contribution in [0.1, 0.15) is 59.3 Å². The number of hydrogen-bond donors (Lipinski definition) is 1. The average Bonchev–Trinajstić information content (AvgIpc) is 2.76. The quantitative estimate of drug-likeness (QED) is 0.227. The summed E-state index contributed by atoms with van der Waals surface area (Å²) < 4.78 is 5.32. The maximum absolute atomic E-state index is 12.7. The standard InChI is InChI=1S/C25H34N2O3S/c1-4-7-17-26-25(29)27(18-8-5-2)20-11-9-12-23(19-20)31-22-15-13-21(14-16-22)30-24(28)10-6-3/h9,11-16,19H,4-8,10,17-18H2,1-3H3,(H,26,29). The number of rotatable bonds is 12. The minimum atomic E-state index is -0.208. The third-order valence-electron chi connectivity index (χ3n) is 4.66. The molecule has 0 aliphatic heterocycles. The highest BCUT2D eigenvalue weighted by atomic mass is 32.2. The number of anilines is 1. The number of carbonyl (C=O) groups excluding carboxylic acids is 2. The summed E-state index contributed by atoms with van der Waals surface area (Å²) in [6, 6.07) is 15.5. The summed E-state index contributed by atoms with van der Waals surface area (Å²) in [5.74, 6) is 0.353. The zero-order valence-electron chi connectivity index (χ0n) is 18.9. The first kappa shape index (κ1) is 24.8. The number of esters is 1. The molecule has 6 heteroatoms. The summed E-state index contributed by atoms with van der Waals surface area (Å²) in [6.45, 7) is 7.58. The fourth-order valence-corrected chi connectivity index (χ4v) is 3.82. The number of hydrogen-bond acceptors (Lipinski definition) is 4. The molecule has 0 unspecified atom stereocenters. The van der Waals surface area contributed by atoms with Gasteiger partial charge in [0.15, 0.2) is 0 Å². The van der Waals surface area contributed by atoms with E-state index in [1.165, 1.54) is 0 Å². The average molecular weight is 443 g/mol. The molecule has 0 aromatic heterocycles. The molecule has 31 heavy (non-hydrogen) atoms. The number of benzene rings is 2. The molecule has 0 bridgehead atoms. The molecule has 0 aliphatic carbocycles. The van der Waals surface area contributed by atoms with Crippen molar-refractivity contribution in [1.29, 1.82) is 0 Å². The monoisotopic (exact) mass is 442 g/mol. The van der Waals surface area contributed by atoms with Gasteiger partial charge in [-0.15, -0.1) is 0 Å². The minimum absolute atomic E-state index is 0.0395. The number of carbonyl (C=O) groups is 2. The third-order valence-corrected chi connectivity index (χ3v) is 5.66. The normalized spacial score (nSPS) is 10.5. The molecule has 1 N–H and O–H groups in total. The Morgan fingerprint density at radius 1 is 0.935 bits per heavy atom. The molecule has 168 valence electrons. The summed E-state index contributed by atoms with van der Waals surface area (Å²) in [4.78, 5) is 28.3. The van der Waals surface area contributed by atoms with E-state index >= 15 is 0 Å². The summed E-state index contributed by atoms with van der Waals surface area (Å²) >= 11 is 1.62. The fourth-order valence-electron chi connectivity index (χ4n) is 2.94. The molecule has 0 spiro atoms. The molecule has 0 fully saturated rings.